The van der Waals surface area contributed by atoms with Gasteiger partial charge in [-0.15, -0.1) is 16.7 Å². The molecule has 0 N–H and O–H groups in total. The molecule has 0 amide bonds. The third-order valence-corrected chi connectivity index (χ3v) is 3.75. The van der Waals surface area contributed by atoms with E-state index in [4.69, 9.17) is 21.1 Å². The molecule has 1 heterocycles. The number of hydrogen-bond acceptors (Lipinski definition) is 5. The quantitative estimate of drug-likeness (QED) is 0.512. The van der Waals surface area contributed by atoms with Crippen LogP contribution in [0.1, 0.15) is 30.1 Å². The van der Waals surface area contributed by atoms with E-state index in [9.17, 15) is 4.79 Å². The maximum absolute atomic E-state index is 12.4. The van der Waals surface area contributed by atoms with Crippen LogP contribution < -0.4 is 4.74 Å². The maximum atomic E-state index is 12.4. The molecule has 0 aliphatic heterocycles. The summed E-state index contributed by atoms with van der Waals surface area (Å²) in [4.78, 5) is 16.7. The normalized spacial score (nSPS) is 10.8. The van der Waals surface area contributed by atoms with Gasteiger partial charge in [0.05, 0.1) is 6.61 Å². The van der Waals surface area contributed by atoms with Gasteiger partial charge in [0, 0.05) is 25.0 Å². The fourth-order valence-corrected chi connectivity index (χ4v) is 2.28. The summed E-state index contributed by atoms with van der Waals surface area (Å²) in [5.74, 6) is 0.752. The summed E-state index contributed by atoms with van der Waals surface area (Å²) in [7, 11) is 1.59. The van der Waals surface area contributed by atoms with Crippen molar-refractivity contribution >= 4 is 17.5 Å². The average Bonchev–Trinajstić information content (AvgIpc) is 3.04. The zero-order valence-corrected chi connectivity index (χ0v) is 14.8. The molecule has 7 heteroatoms. The van der Waals surface area contributed by atoms with Crippen molar-refractivity contribution in [3.05, 3.63) is 29.8 Å². The summed E-state index contributed by atoms with van der Waals surface area (Å²) in [6, 6.07) is 8.08. The van der Waals surface area contributed by atoms with E-state index in [0.29, 0.717) is 37.8 Å². The molecule has 130 valence electrons. The Hall–Kier alpha value is -1.92. The highest BCUT2D eigenvalue weighted by Crippen LogP contribution is 2.21. The second-order valence-electron chi connectivity index (χ2n) is 5.21. The van der Waals surface area contributed by atoms with Gasteiger partial charge in [-0.25, -0.2) is 0 Å². The van der Waals surface area contributed by atoms with Crippen molar-refractivity contribution in [1.29, 1.82) is 0 Å². The first kappa shape index (κ1) is 18.4. The Morgan fingerprint density at radius 3 is 2.62 bits per heavy atom. The number of halogens is 1. The molecule has 1 aromatic heterocycles. The Labute approximate surface area is 146 Å². The van der Waals surface area contributed by atoms with Crippen molar-refractivity contribution in [2.75, 3.05) is 26.2 Å². The fraction of sp³-hybridized carbons (Fsp3) is 0.471. The molecule has 24 heavy (non-hydrogen) atoms. The lowest BCUT2D eigenvalue weighted by molar-refractivity contribution is 0.0884. The van der Waals surface area contributed by atoms with Gasteiger partial charge < -0.3 is 9.47 Å². The van der Waals surface area contributed by atoms with Crippen molar-refractivity contribution in [2.45, 2.75) is 26.2 Å². The van der Waals surface area contributed by atoms with Crippen LogP contribution in [0, 0.1) is 0 Å². The SMILES string of the molecule is CCc1ccc(-c2nc(OCCOC)nn2C(=O)CCCCl)cc1. The van der Waals surface area contributed by atoms with E-state index in [1.165, 1.54) is 10.2 Å². The average molecular weight is 352 g/mol. The molecule has 0 bridgehead atoms. The molecule has 2 rings (SSSR count). The number of aromatic nitrogens is 3. The van der Waals surface area contributed by atoms with Crippen molar-refractivity contribution in [1.82, 2.24) is 14.8 Å². The molecule has 0 saturated heterocycles. The van der Waals surface area contributed by atoms with Crippen LogP contribution in [0.2, 0.25) is 0 Å². The van der Waals surface area contributed by atoms with E-state index in [2.05, 4.69) is 17.0 Å². The molecule has 0 unspecified atom stereocenters. The third-order valence-electron chi connectivity index (χ3n) is 3.49. The number of rotatable bonds is 9. The minimum Gasteiger partial charge on any atom is -0.460 e. The molecule has 0 spiro atoms. The van der Waals surface area contributed by atoms with E-state index in [-0.39, 0.29) is 11.9 Å². The molecule has 0 aliphatic rings. The number of benzene rings is 1. The lowest BCUT2D eigenvalue weighted by atomic mass is 10.1. The van der Waals surface area contributed by atoms with Gasteiger partial charge in [0.15, 0.2) is 5.82 Å². The van der Waals surface area contributed by atoms with E-state index in [1.54, 1.807) is 7.11 Å². The van der Waals surface area contributed by atoms with Crippen LogP contribution in [0.3, 0.4) is 0 Å². The molecule has 2 aromatic rings. The van der Waals surface area contributed by atoms with Gasteiger partial charge in [0.1, 0.15) is 6.61 Å². The molecule has 0 saturated carbocycles. The second kappa shape index (κ2) is 9.39. The van der Waals surface area contributed by atoms with Crippen molar-refractivity contribution in [3.63, 3.8) is 0 Å². The Morgan fingerprint density at radius 2 is 2.00 bits per heavy atom. The second-order valence-corrected chi connectivity index (χ2v) is 5.59. The predicted octanol–water partition coefficient (Wildman–Crippen LogP) is 3.19. The smallest absolute Gasteiger partial charge is 0.336 e. The lowest BCUT2D eigenvalue weighted by Crippen LogP contribution is -2.14. The number of carbonyl (C=O) groups excluding carboxylic acids is 1. The van der Waals surface area contributed by atoms with Crippen LogP contribution in [0.15, 0.2) is 24.3 Å². The summed E-state index contributed by atoms with van der Waals surface area (Å²) in [5, 5.41) is 4.19. The summed E-state index contributed by atoms with van der Waals surface area (Å²) < 4.78 is 11.7. The molecule has 0 aliphatic carbocycles. The lowest BCUT2D eigenvalue weighted by Gasteiger charge is -2.04. The maximum Gasteiger partial charge on any atom is 0.336 e. The highest BCUT2D eigenvalue weighted by Gasteiger charge is 2.18. The van der Waals surface area contributed by atoms with Gasteiger partial charge >= 0.3 is 6.01 Å². The summed E-state index contributed by atoms with van der Waals surface area (Å²) in [6.07, 6.45) is 1.85. The van der Waals surface area contributed by atoms with E-state index >= 15 is 0 Å². The van der Waals surface area contributed by atoms with Crippen LogP contribution in [-0.2, 0) is 11.2 Å². The fourth-order valence-electron chi connectivity index (χ4n) is 2.14. The van der Waals surface area contributed by atoms with E-state index in [0.717, 1.165) is 12.0 Å². The third kappa shape index (κ3) is 4.79. The Kier molecular flexibility index (Phi) is 7.21. The first-order chi connectivity index (χ1) is 11.7. The highest BCUT2D eigenvalue weighted by molar-refractivity contribution is 6.17. The van der Waals surface area contributed by atoms with Crippen LogP contribution >= 0.6 is 11.6 Å². The zero-order chi connectivity index (χ0) is 17.4. The molecule has 6 nitrogen and oxygen atoms in total. The number of alkyl halides is 1. The molecular formula is C17H22ClN3O3. The minimum absolute atomic E-state index is 0.153. The largest absolute Gasteiger partial charge is 0.460 e. The summed E-state index contributed by atoms with van der Waals surface area (Å²) in [5.41, 5.74) is 2.04. The van der Waals surface area contributed by atoms with E-state index < -0.39 is 0 Å². The molecule has 0 radical (unpaired) electrons. The number of nitrogens with zero attached hydrogens (tertiary/aromatic N) is 3. The molecule has 0 atom stereocenters. The van der Waals surface area contributed by atoms with Crippen LogP contribution in [0.25, 0.3) is 11.4 Å². The topological polar surface area (TPSA) is 66.2 Å². The number of carbonyl (C=O) groups is 1. The van der Waals surface area contributed by atoms with Gasteiger partial charge in [-0.3, -0.25) is 4.79 Å². The molecule has 0 fully saturated rings. The van der Waals surface area contributed by atoms with Crippen LogP contribution in [0.4, 0.5) is 0 Å². The van der Waals surface area contributed by atoms with Crippen molar-refractivity contribution in [2.24, 2.45) is 0 Å². The summed E-state index contributed by atoms with van der Waals surface area (Å²) >= 11 is 5.68. The molecular weight excluding hydrogens is 330 g/mol. The van der Waals surface area contributed by atoms with Gasteiger partial charge in [0.2, 0.25) is 5.91 Å². The van der Waals surface area contributed by atoms with Gasteiger partial charge in [-0.1, -0.05) is 31.2 Å². The highest BCUT2D eigenvalue weighted by atomic mass is 35.5. The Bertz CT molecular complexity index is 656. The van der Waals surface area contributed by atoms with Gasteiger partial charge in [0.25, 0.3) is 0 Å². The van der Waals surface area contributed by atoms with Crippen LogP contribution in [0.5, 0.6) is 6.01 Å². The van der Waals surface area contributed by atoms with Crippen molar-refractivity contribution < 1.29 is 14.3 Å². The molecule has 1 aromatic carbocycles. The van der Waals surface area contributed by atoms with Gasteiger partial charge in [-0.05, 0) is 18.4 Å². The predicted molar refractivity (Wildman–Crippen MR) is 92.8 cm³/mol. The van der Waals surface area contributed by atoms with E-state index in [1.807, 2.05) is 24.3 Å². The number of ether oxygens (including phenoxy) is 2. The minimum atomic E-state index is -0.153. The monoisotopic (exact) mass is 351 g/mol. The number of hydrogen-bond donors (Lipinski definition) is 0. The Balaban J connectivity index is 2.29. The van der Waals surface area contributed by atoms with Crippen LogP contribution in [-0.4, -0.2) is 46.9 Å². The zero-order valence-electron chi connectivity index (χ0n) is 14.0. The van der Waals surface area contributed by atoms with Crippen molar-refractivity contribution in [3.8, 4) is 17.4 Å². The first-order valence-electron chi connectivity index (χ1n) is 7.96. The number of methoxy groups -OCH3 is 1. The Morgan fingerprint density at radius 1 is 1.25 bits per heavy atom. The summed E-state index contributed by atoms with van der Waals surface area (Å²) in [6.45, 7) is 2.84. The van der Waals surface area contributed by atoms with Gasteiger partial charge in [-0.2, -0.15) is 9.67 Å². The first-order valence-corrected chi connectivity index (χ1v) is 8.50. The standard InChI is InChI=1S/C17H22ClN3O3/c1-3-13-6-8-14(9-7-13)16-19-17(24-12-11-23-2)20-21(16)15(22)5-4-10-18/h6-9H,3-5,10-12H2,1-2H3. The number of aryl methyl sites for hydroxylation is 1.